The molecule has 1 aromatic rings. The number of aldehydes is 1. The van der Waals surface area contributed by atoms with Gasteiger partial charge in [-0.1, -0.05) is 0 Å². The molecule has 0 bridgehead atoms. The molecule has 0 aliphatic carbocycles. The Morgan fingerprint density at radius 1 is 1.31 bits per heavy atom. The van der Waals surface area contributed by atoms with Crippen molar-refractivity contribution in [2.45, 2.75) is 19.2 Å². The molecular weight excluding hydrogens is 225 g/mol. The Hall–Kier alpha value is -1.72. The van der Waals surface area contributed by atoms with Crippen molar-refractivity contribution in [3.63, 3.8) is 0 Å². The predicted molar refractivity (Wildman–Crippen MR) is 49.2 cm³/mol. The van der Waals surface area contributed by atoms with E-state index in [0.29, 0.717) is 11.8 Å². The number of phenolic OH excluding ortho intramolecular Hbond substituents is 1. The number of hydrogen-bond acceptors (Lipinski definition) is 3. The highest BCUT2D eigenvalue weighted by molar-refractivity contribution is 5.50. The number of carbonyl (C=O) groups excluding carboxylic acids is 1. The molecule has 1 rings (SSSR count). The van der Waals surface area contributed by atoms with E-state index >= 15 is 0 Å². The zero-order chi connectivity index (χ0) is 12.2. The largest absolute Gasteiger partial charge is 0.573 e. The summed E-state index contributed by atoms with van der Waals surface area (Å²) in [5.74, 6) is -0.823. The molecule has 0 unspecified atom stereocenters. The molecule has 3 nitrogen and oxygen atoms in total. The maximum Gasteiger partial charge on any atom is 0.573 e. The summed E-state index contributed by atoms with van der Waals surface area (Å²) in [5.41, 5.74) is 0.409. The van der Waals surface area contributed by atoms with Crippen molar-refractivity contribution in [1.82, 2.24) is 0 Å². The van der Waals surface area contributed by atoms with Gasteiger partial charge in [-0.05, 0) is 24.1 Å². The van der Waals surface area contributed by atoms with E-state index in [1.165, 1.54) is 6.07 Å². The molecule has 0 fully saturated rings. The van der Waals surface area contributed by atoms with E-state index in [4.69, 9.17) is 5.11 Å². The second-order valence-corrected chi connectivity index (χ2v) is 3.09. The predicted octanol–water partition coefficient (Wildman–Crippen LogP) is 2.42. The molecule has 0 saturated heterocycles. The van der Waals surface area contributed by atoms with Gasteiger partial charge in [0.05, 0.1) is 0 Å². The van der Waals surface area contributed by atoms with Crippen LogP contribution < -0.4 is 4.74 Å². The third-order valence-electron chi connectivity index (χ3n) is 1.74. The molecule has 0 atom stereocenters. The molecular formula is C10H9F3O3. The maximum absolute atomic E-state index is 11.9. The number of hydrogen-bond donors (Lipinski definition) is 1. The van der Waals surface area contributed by atoms with Gasteiger partial charge in [-0.25, -0.2) is 0 Å². The van der Waals surface area contributed by atoms with Crippen LogP contribution in [0.3, 0.4) is 0 Å². The SMILES string of the molecule is O=CCCc1cc(O)cc(OC(F)(F)F)c1. The number of halogens is 3. The molecule has 6 heteroatoms. The molecule has 0 saturated carbocycles. The first kappa shape index (κ1) is 12.4. The fourth-order valence-corrected chi connectivity index (χ4v) is 1.21. The van der Waals surface area contributed by atoms with Crippen molar-refractivity contribution in [2.24, 2.45) is 0 Å². The van der Waals surface area contributed by atoms with Gasteiger partial charge >= 0.3 is 6.36 Å². The van der Waals surface area contributed by atoms with Gasteiger partial charge in [0.15, 0.2) is 0 Å². The molecule has 0 aromatic heterocycles. The minimum atomic E-state index is -4.80. The highest BCUT2D eigenvalue weighted by atomic mass is 19.4. The van der Waals surface area contributed by atoms with Crippen LogP contribution >= 0.6 is 0 Å². The lowest BCUT2D eigenvalue weighted by Gasteiger charge is -2.10. The van der Waals surface area contributed by atoms with Gasteiger partial charge in [0.1, 0.15) is 17.8 Å². The second kappa shape index (κ2) is 4.87. The van der Waals surface area contributed by atoms with Gasteiger partial charge in [0, 0.05) is 12.5 Å². The Morgan fingerprint density at radius 3 is 2.56 bits per heavy atom. The van der Waals surface area contributed by atoms with Crippen LogP contribution in [0.5, 0.6) is 11.5 Å². The smallest absolute Gasteiger partial charge is 0.508 e. The van der Waals surface area contributed by atoms with Crippen LogP contribution in [0, 0.1) is 0 Å². The van der Waals surface area contributed by atoms with E-state index < -0.39 is 12.1 Å². The number of carbonyl (C=O) groups is 1. The van der Waals surface area contributed by atoms with Gasteiger partial charge in [-0.15, -0.1) is 13.2 Å². The molecule has 0 spiro atoms. The summed E-state index contributed by atoms with van der Waals surface area (Å²) in [5, 5.41) is 9.15. The average Bonchev–Trinajstić information content (AvgIpc) is 2.10. The Labute approximate surface area is 89.5 Å². The fourth-order valence-electron chi connectivity index (χ4n) is 1.21. The van der Waals surface area contributed by atoms with Crippen LogP contribution in [0.4, 0.5) is 13.2 Å². The highest BCUT2D eigenvalue weighted by Crippen LogP contribution is 2.27. The van der Waals surface area contributed by atoms with Gasteiger partial charge in [-0.2, -0.15) is 0 Å². The first-order valence-electron chi connectivity index (χ1n) is 4.43. The van der Waals surface area contributed by atoms with Gasteiger partial charge in [0.25, 0.3) is 0 Å². The second-order valence-electron chi connectivity index (χ2n) is 3.09. The summed E-state index contributed by atoms with van der Waals surface area (Å²) in [6.07, 6.45) is -3.72. The van der Waals surface area contributed by atoms with Crippen LogP contribution in [-0.4, -0.2) is 17.8 Å². The lowest BCUT2D eigenvalue weighted by molar-refractivity contribution is -0.274. The van der Waals surface area contributed by atoms with Crippen molar-refractivity contribution in [2.75, 3.05) is 0 Å². The number of ether oxygens (including phenoxy) is 1. The van der Waals surface area contributed by atoms with Crippen molar-refractivity contribution in [1.29, 1.82) is 0 Å². The van der Waals surface area contributed by atoms with Gasteiger partial charge in [0.2, 0.25) is 0 Å². The minimum Gasteiger partial charge on any atom is -0.508 e. The molecule has 88 valence electrons. The van der Waals surface area contributed by atoms with Crippen LogP contribution in [-0.2, 0) is 11.2 Å². The van der Waals surface area contributed by atoms with Crippen molar-refractivity contribution in [3.8, 4) is 11.5 Å². The summed E-state index contributed by atoms with van der Waals surface area (Å²) in [6, 6.07) is 3.28. The summed E-state index contributed by atoms with van der Waals surface area (Å²) >= 11 is 0. The summed E-state index contributed by atoms with van der Waals surface area (Å²) < 4.78 is 39.3. The van der Waals surface area contributed by atoms with Gasteiger partial charge < -0.3 is 14.6 Å². The minimum absolute atomic E-state index is 0.176. The summed E-state index contributed by atoms with van der Waals surface area (Å²) in [6.45, 7) is 0. The zero-order valence-corrected chi connectivity index (χ0v) is 8.12. The average molecular weight is 234 g/mol. The normalized spacial score (nSPS) is 11.2. The quantitative estimate of drug-likeness (QED) is 0.814. The third kappa shape index (κ3) is 4.20. The van der Waals surface area contributed by atoms with E-state index in [1.807, 2.05) is 0 Å². The lowest BCUT2D eigenvalue weighted by Crippen LogP contribution is -2.17. The molecule has 0 aliphatic heterocycles. The molecule has 1 aromatic carbocycles. The summed E-state index contributed by atoms with van der Waals surface area (Å²) in [4.78, 5) is 10.1. The number of benzene rings is 1. The van der Waals surface area contributed by atoms with Crippen LogP contribution in [0.2, 0.25) is 0 Å². The van der Waals surface area contributed by atoms with Crippen LogP contribution in [0.25, 0.3) is 0 Å². The Morgan fingerprint density at radius 2 is 2.00 bits per heavy atom. The Bertz CT molecular complexity index is 374. The number of aromatic hydroxyl groups is 1. The first-order chi connectivity index (χ1) is 7.40. The van der Waals surface area contributed by atoms with Crippen LogP contribution in [0.15, 0.2) is 18.2 Å². The van der Waals surface area contributed by atoms with E-state index in [9.17, 15) is 18.0 Å². The molecule has 1 N–H and O–H groups in total. The van der Waals surface area contributed by atoms with E-state index in [1.54, 1.807) is 0 Å². The molecule has 0 aliphatic rings. The molecule has 0 heterocycles. The maximum atomic E-state index is 11.9. The monoisotopic (exact) mass is 234 g/mol. The topological polar surface area (TPSA) is 46.5 Å². The molecule has 16 heavy (non-hydrogen) atoms. The third-order valence-corrected chi connectivity index (χ3v) is 1.74. The number of phenols is 1. The lowest BCUT2D eigenvalue weighted by atomic mass is 10.1. The highest BCUT2D eigenvalue weighted by Gasteiger charge is 2.31. The Balaban J connectivity index is 2.85. The van der Waals surface area contributed by atoms with E-state index in [2.05, 4.69) is 4.74 Å². The molecule has 0 radical (unpaired) electrons. The van der Waals surface area contributed by atoms with Crippen molar-refractivity contribution < 1.29 is 27.8 Å². The van der Waals surface area contributed by atoms with Crippen molar-refractivity contribution in [3.05, 3.63) is 23.8 Å². The van der Waals surface area contributed by atoms with Crippen molar-refractivity contribution >= 4 is 6.29 Å². The zero-order valence-electron chi connectivity index (χ0n) is 8.12. The Kier molecular flexibility index (Phi) is 3.76. The van der Waals surface area contributed by atoms with E-state index in [-0.39, 0.29) is 18.6 Å². The standard InChI is InChI=1S/C10H9F3O3/c11-10(12,13)16-9-5-7(2-1-3-14)4-8(15)6-9/h3-6,15H,1-2H2. The number of aryl methyl sites for hydroxylation is 1. The van der Waals surface area contributed by atoms with Crippen LogP contribution in [0.1, 0.15) is 12.0 Å². The fraction of sp³-hybridized carbons (Fsp3) is 0.300. The summed E-state index contributed by atoms with van der Waals surface area (Å²) in [7, 11) is 0. The first-order valence-corrected chi connectivity index (χ1v) is 4.43. The number of alkyl halides is 3. The van der Waals surface area contributed by atoms with E-state index in [0.717, 1.165) is 12.1 Å². The van der Waals surface area contributed by atoms with Gasteiger partial charge in [-0.3, -0.25) is 0 Å². The number of rotatable bonds is 4. The molecule has 0 amide bonds.